The van der Waals surface area contributed by atoms with Crippen molar-refractivity contribution < 1.29 is 117 Å². The number of hydrogen-bond donors (Lipinski definition) is 8. The molecule has 3 fully saturated rings. The Kier molecular flexibility index (Phi) is 13.0. The van der Waals surface area contributed by atoms with E-state index in [-0.39, 0.29) is 0 Å². The van der Waals surface area contributed by atoms with Crippen LogP contribution in [0.15, 0.2) is 0 Å². The monoisotopic (exact) mass is 753 g/mol. The summed E-state index contributed by atoms with van der Waals surface area (Å²) in [7, 11) is -17.0. The van der Waals surface area contributed by atoms with Gasteiger partial charge in [0.05, 0.1) is 19.2 Å². The van der Waals surface area contributed by atoms with Crippen LogP contribution < -0.4 is 15.6 Å². The Morgan fingerprint density at radius 3 is 1.87 bits per heavy atom. The van der Waals surface area contributed by atoms with Crippen LogP contribution in [0.3, 0.4) is 0 Å². The molecule has 26 nitrogen and oxygen atoms in total. The molecule has 0 aromatic heterocycles. The maximum absolute atomic E-state index is 12.1. The molecule has 29 heteroatoms. The van der Waals surface area contributed by atoms with E-state index in [1.165, 1.54) is 4.72 Å². The second-order valence-electron chi connectivity index (χ2n) is 10.1. The van der Waals surface area contributed by atoms with Crippen molar-refractivity contribution in [1.82, 2.24) is 4.72 Å². The van der Waals surface area contributed by atoms with Crippen LogP contribution in [0.25, 0.3) is 0 Å². The maximum atomic E-state index is 12.1. The highest BCUT2D eigenvalue weighted by molar-refractivity contribution is 7.83. The van der Waals surface area contributed by atoms with E-state index >= 15 is 0 Å². The molecule has 3 aliphatic heterocycles. The molecule has 10 N–H and O–H groups in total. The Morgan fingerprint density at radius 1 is 0.766 bits per heavy atom. The van der Waals surface area contributed by atoms with Crippen molar-refractivity contribution in [2.24, 2.45) is 0 Å². The van der Waals surface area contributed by atoms with Gasteiger partial charge in [-0.05, 0) is 0 Å². The predicted octanol–water partition coefficient (Wildman–Crippen LogP) is -11.5. The number of carbonyl (C=O) groups excluding carboxylic acids is 1. The number of nitrogens with one attached hydrogen (secondary N) is 1. The van der Waals surface area contributed by atoms with Gasteiger partial charge >= 0.3 is 0 Å². The van der Waals surface area contributed by atoms with Gasteiger partial charge in [0.15, 0.2) is 35.0 Å². The van der Waals surface area contributed by atoms with E-state index in [1.54, 1.807) is 0 Å². The highest BCUT2D eigenvalue weighted by Gasteiger charge is 2.55. The number of hydrogen-bond acceptors (Lipinski definition) is 24. The Labute approximate surface area is 264 Å². The molecule has 3 saturated heterocycles. The van der Waals surface area contributed by atoms with Crippen LogP contribution in [-0.4, -0.2) is 181 Å². The number of rotatable bonds is 13. The van der Waals surface area contributed by atoms with Gasteiger partial charge in [-0.15, -0.1) is 0 Å². The van der Waals surface area contributed by atoms with Gasteiger partial charge in [-0.1, -0.05) is 0 Å². The Morgan fingerprint density at radius 2 is 1.36 bits per heavy atom. The van der Waals surface area contributed by atoms with Gasteiger partial charge in [0.25, 0.3) is 0 Å². The first-order valence-corrected chi connectivity index (χ1v) is 16.8. The van der Waals surface area contributed by atoms with E-state index in [0.29, 0.717) is 0 Å². The zero-order valence-electron chi connectivity index (χ0n) is 23.0. The van der Waals surface area contributed by atoms with Gasteiger partial charge in [0.2, 0.25) is 27.1 Å². The summed E-state index contributed by atoms with van der Waals surface area (Å²) in [6.45, 7) is -2.39. The number of carboxylic acid groups (broad SMARTS) is 1. The lowest BCUT2D eigenvalue weighted by Crippen LogP contribution is -2.79. The summed E-state index contributed by atoms with van der Waals surface area (Å²) < 4.78 is 137. The molecule has 0 aliphatic carbocycles. The van der Waals surface area contributed by atoms with Crippen molar-refractivity contribution in [2.45, 2.75) is 92.0 Å². The zero-order chi connectivity index (χ0) is 35.8. The number of aliphatic carboxylic acids is 1. The first kappa shape index (κ1) is 40.0. The first-order chi connectivity index (χ1) is 21.4. The minimum atomic E-state index is -5.91. The molecule has 0 aromatic rings. The smallest absolute Gasteiger partial charge is 0.218 e. The van der Waals surface area contributed by atoms with Crippen LogP contribution in [0.5, 0.6) is 0 Å². The normalized spacial score (nSPS) is 42.2. The lowest BCUT2D eigenvalue weighted by molar-refractivity contribution is -0.507. The van der Waals surface area contributed by atoms with Gasteiger partial charge in [-0.3, -0.25) is 8.37 Å². The third-order valence-corrected chi connectivity index (χ3v) is 8.37. The lowest BCUT2D eigenvalue weighted by atomic mass is 9.95. The Balaban J connectivity index is 2.00. The van der Waals surface area contributed by atoms with E-state index < -0.39 is 142 Å². The van der Waals surface area contributed by atoms with Crippen LogP contribution in [0.1, 0.15) is 0 Å². The topological polar surface area (TPSA) is 437 Å². The van der Waals surface area contributed by atoms with E-state index in [1.807, 2.05) is 0 Å². The third kappa shape index (κ3) is 10.3. The second-order valence-corrected chi connectivity index (χ2v) is 13.3. The molecule has 47 heavy (non-hydrogen) atoms. The quantitative estimate of drug-likeness (QED) is 0.0639. The van der Waals surface area contributed by atoms with Gasteiger partial charge in [-0.25, -0.2) is 30.0 Å². The van der Waals surface area contributed by atoms with Crippen molar-refractivity contribution in [3.8, 4) is 0 Å². The van der Waals surface area contributed by atoms with Gasteiger partial charge in [-0.2, -0.15) is 0 Å². The van der Waals surface area contributed by atoms with Gasteiger partial charge < -0.3 is 83.6 Å². The molecule has 3 rings (SSSR count). The molecule has 0 saturated carbocycles. The van der Waals surface area contributed by atoms with E-state index in [4.69, 9.17) is 23.7 Å². The molecule has 276 valence electrons. The zero-order valence-corrected chi connectivity index (χ0v) is 25.5. The summed E-state index contributed by atoms with van der Waals surface area (Å²) in [5, 5.41) is 73.6. The molecule has 0 amide bonds. The number of aliphatic hydroxyl groups excluding tert-OH is 6. The standard InChI is InChI=1S/C18H32N2O24S3/c19-5-8(23)7(22)3(1-21)40-17(5)42-12-10(25)13(44-47(35,36)37)18(43-14(12)15(26)27)41-11-4(2-38-46(32,33)34)39-16(28)6(9(11)24)20-45(29,30)31/h3-14,16-18,20-25,28H,1-2,19H2,(H,26,27)(H,29,30,31)(H,32,33,34)(H,35,36,37)/p-3/t3-,4-,5-,6-,7-,8-,9-,10+,11-,12+,13-,14-,16+,17-,18-/m1/s1. The van der Waals surface area contributed by atoms with Crippen molar-refractivity contribution in [2.75, 3.05) is 13.2 Å². The Bertz CT molecular complexity index is 1410. The average Bonchev–Trinajstić information content (AvgIpc) is 2.92. The summed E-state index contributed by atoms with van der Waals surface area (Å²) in [6, 6.07) is -3.87. The summed E-state index contributed by atoms with van der Waals surface area (Å²) >= 11 is 0. The highest BCUT2D eigenvalue weighted by atomic mass is 32.3. The molecule has 0 spiro atoms. The third-order valence-electron chi connectivity index (χ3n) is 6.92. The molecule has 0 unspecified atom stereocenters. The van der Waals surface area contributed by atoms with Crippen molar-refractivity contribution >= 4 is 37.1 Å². The summed E-state index contributed by atoms with van der Waals surface area (Å²) in [5.74, 6) is -2.27. The summed E-state index contributed by atoms with van der Waals surface area (Å²) in [6.07, 6.45) is -29.7. The molecule has 0 aromatic carbocycles. The average molecular weight is 754 g/mol. The number of quaternary nitrogens is 1. The predicted molar refractivity (Wildman–Crippen MR) is 128 cm³/mol. The van der Waals surface area contributed by atoms with Gasteiger partial charge in [0, 0.05) is 0 Å². The first-order valence-electron chi connectivity index (χ1n) is 12.7. The highest BCUT2D eigenvalue weighted by Crippen LogP contribution is 2.33. The van der Waals surface area contributed by atoms with E-state index in [0.717, 1.165) is 0 Å². The molecule has 3 heterocycles. The Hall–Kier alpha value is -1.40. The van der Waals surface area contributed by atoms with Crippen molar-refractivity contribution in [1.29, 1.82) is 0 Å². The number of aliphatic hydroxyl groups is 6. The molecule has 3 aliphatic rings. The second kappa shape index (κ2) is 15.2. The fourth-order valence-electron chi connectivity index (χ4n) is 4.78. The maximum Gasteiger partial charge on any atom is 0.218 e. The molecule has 0 radical (unpaired) electrons. The molecule has 15 atom stereocenters. The minimum absolute atomic E-state index is 0.934. The lowest BCUT2D eigenvalue weighted by Gasteiger charge is -2.49. The van der Waals surface area contributed by atoms with Gasteiger partial charge in [0.1, 0.15) is 61.0 Å². The van der Waals surface area contributed by atoms with Crippen LogP contribution in [0, 0.1) is 0 Å². The van der Waals surface area contributed by atoms with Crippen LogP contribution in [-0.2, 0) is 67.9 Å². The van der Waals surface area contributed by atoms with Crippen molar-refractivity contribution in [3.63, 3.8) is 0 Å². The van der Waals surface area contributed by atoms with Crippen LogP contribution in [0.2, 0.25) is 0 Å². The number of carbonyl (C=O) groups is 1. The number of carboxylic acids is 1. The summed E-state index contributed by atoms with van der Waals surface area (Å²) in [5.41, 5.74) is 3.46. The number of ether oxygens (including phenoxy) is 5. The largest absolute Gasteiger partial charge is 0.735 e. The summed E-state index contributed by atoms with van der Waals surface area (Å²) in [4.78, 5) is 12.1. The molecular weight excluding hydrogens is 724 g/mol. The van der Waals surface area contributed by atoms with E-state index in [2.05, 4.69) is 14.1 Å². The fourth-order valence-corrected chi connectivity index (χ4v) is 6.15. The fraction of sp³-hybridized carbons (Fsp3) is 0.944. The van der Waals surface area contributed by atoms with Crippen LogP contribution in [0.4, 0.5) is 0 Å². The van der Waals surface area contributed by atoms with Crippen LogP contribution >= 0.6 is 0 Å². The molecular formula is C18H29N2O24S3-3. The molecule has 0 bridgehead atoms. The minimum Gasteiger partial charge on any atom is -0.735 e. The SMILES string of the molecule is [NH3+][C@H]1[C@@H](O[C@H]2[C@H](O)[C@@H](OS(=O)(=O)[O-])[C@H](O[C@H]3[C@H](O)[C@@H](NS(=O)(=O)[O-])[C@@H](O)O[C@@H]3COS(=O)(=O)[O-])O[C@H]2C(=O)[O-])O[C@H](CO)[C@@H](O)[C@@H]1O. The van der Waals surface area contributed by atoms with E-state index in [9.17, 15) is 79.5 Å². The van der Waals surface area contributed by atoms with Crippen molar-refractivity contribution in [3.05, 3.63) is 0 Å².